The van der Waals surface area contributed by atoms with Gasteiger partial charge in [-0.1, -0.05) is 4.49 Å². The minimum Gasteiger partial charge on any atom is -0.395 e. The third-order valence-corrected chi connectivity index (χ3v) is 3.57. The fourth-order valence-electron chi connectivity index (χ4n) is 1.66. The smallest absolute Gasteiger partial charge is 0.267 e. The Labute approximate surface area is 114 Å². The summed E-state index contributed by atoms with van der Waals surface area (Å²) in [6, 6.07) is 0. The molecule has 0 aromatic carbocycles. The average Bonchev–Trinajstić information content (AvgIpc) is 2.97. The molecule has 2 aromatic rings. The molecule has 0 aliphatic heterocycles. The maximum atomic E-state index is 12.4. The molecule has 102 valence electrons. The van der Waals surface area contributed by atoms with E-state index < -0.39 is 0 Å². The fourth-order valence-corrected chi connectivity index (χ4v) is 2.29. The molecule has 0 atom stereocenters. The van der Waals surface area contributed by atoms with Gasteiger partial charge in [-0.15, -0.1) is 5.10 Å². The van der Waals surface area contributed by atoms with Crippen molar-refractivity contribution in [2.75, 3.05) is 13.2 Å². The third-order valence-electron chi connectivity index (χ3n) is 2.76. The lowest BCUT2D eigenvalue weighted by Crippen LogP contribution is -2.33. The van der Waals surface area contributed by atoms with Gasteiger partial charge in [-0.05, 0) is 18.5 Å². The van der Waals surface area contributed by atoms with Gasteiger partial charge in [0.25, 0.3) is 5.91 Å². The van der Waals surface area contributed by atoms with E-state index >= 15 is 0 Å². The number of amides is 1. The highest BCUT2D eigenvalue weighted by Gasteiger charge is 2.21. The standard InChI is InChI=1S/C11H15N5O2S/c1-8-10(19-14-13-8)11(18)16(5-6-17)7-9-12-3-4-15(9)2/h3-4,17H,5-7H2,1-2H3. The van der Waals surface area contributed by atoms with E-state index in [1.165, 1.54) is 0 Å². The molecule has 0 saturated heterocycles. The Balaban J connectivity index is 2.18. The zero-order valence-electron chi connectivity index (χ0n) is 10.8. The summed E-state index contributed by atoms with van der Waals surface area (Å²) in [6.07, 6.45) is 3.49. The van der Waals surface area contributed by atoms with Crippen molar-refractivity contribution in [3.05, 3.63) is 28.8 Å². The monoisotopic (exact) mass is 281 g/mol. The van der Waals surface area contributed by atoms with Crippen LogP contribution in [0.1, 0.15) is 21.2 Å². The topological polar surface area (TPSA) is 84.1 Å². The molecule has 0 aliphatic carbocycles. The molecule has 0 radical (unpaired) electrons. The number of aryl methyl sites for hydroxylation is 2. The molecular formula is C11H15N5O2S. The van der Waals surface area contributed by atoms with Crippen molar-refractivity contribution in [1.82, 2.24) is 24.0 Å². The second-order valence-electron chi connectivity index (χ2n) is 4.09. The van der Waals surface area contributed by atoms with Crippen LogP contribution < -0.4 is 0 Å². The molecule has 1 N–H and O–H groups in total. The molecule has 0 fully saturated rings. The Kier molecular flexibility index (Phi) is 4.23. The summed E-state index contributed by atoms with van der Waals surface area (Å²) in [7, 11) is 1.86. The summed E-state index contributed by atoms with van der Waals surface area (Å²) in [5, 5.41) is 12.9. The van der Waals surface area contributed by atoms with E-state index in [9.17, 15) is 4.79 Å². The zero-order chi connectivity index (χ0) is 13.8. The van der Waals surface area contributed by atoms with E-state index in [0.29, 0.717) is 17.1 Å². The second-order valence-corrected chi connectivity index (χ2v) is 4.85. The van der Waals surface area contributed by atoms with E-state index in [1.807, 2.05) is 17.8 Å². The maximum Gasteiger partial charge on any atom is 0.267 e. The van der Waals surface area contributed by atoms with Crippen molar-refractivity contribution in [2.45, 2.75) is 13.5 Å². The molecule has 0 spiro atoms. The second kappa shape index (κ2) is 5.89. The van der Waals surface area contributed by atoms with Crippen molar-refractivity contribution < 1.29 is 9.90 Å². The molecule has 19 heavy (non-hydrogen) atoms. The number of carbonyl (C=O) groups excluding carboxylic acids is 1. The molecule has 0 bridgehead atoms. The predicted octanol–water partition coefficient (Wildman–Crippen LogP) is 0.215. The number of rotatable bonds is 5. The molecule has 0 saturated carbocycles. The SMILES string of the molecule is Cc1nnsc1C(=O)N(CCO)Cc1nccn1C. The van der Waals surface area contributed by atoms with Crippen LogP contribution in [0.15, 0.2) is 12.4 Å². The summed E-state index contributed by atoms with van der Waals surface area (Å²) in [5.41, 5.74) is 0.609. The Bertz CT molecular complexity index is 565. The van der Waals surface area contributed by atoms with Crippen LogP contribution >= 0.6 is 11.5 Å². The van der Waals surface area contributed by atoms with E-state index in [-0.39, 0.29) is 19.1 Å². The van der Waals surface area contributed by atoms with E-state index in [4.69, 9.17) is 5.11 Å². The number of nitrogens with zero attached hydrogens (tertiary/aromatic N) is 5. The summed E-state index contributed by atoms with van der Waals surface area (Å²) in [5.74, 6) is 0.585. The van der Waals surface area contributed by atoms with Gasteiger partial charge in [0.05, 0.1) is 18.8 Å². The molecular weight excluding hydrogens is 266 g/mol. The Morgan fingerprint density at radius 1 is 1.58 bits per heavy atom. The minimum absolute atomic E-state index is 0.0958. The van der Waals surface area contributed by atoms with Gasteiger partial charge in [-0.25, -0.2) is 4.98 Å². The number of aromatic nitrogens is 4. The number of carbonyl (C=O) groups is 1. The number of aliphatic hydroxyl groups excluding tert-OH is 1. The fraction of sp³-hybridized carbons (Fsp3) is 0.455. The highest BCUT2D eigenvalue weighted by molar-refractivity contribution is 7.07. The van der Waals surface area contributed by atoms with E-state index in [1.54, 1.807) is 18.0 Å². The van der Waals surface area contributed by atoms with Crippen LogP contribution in [-0.4, -0.2) is 48.2 Å². The van der Waals surface area contributed by atoms with Crippen molar-refractivity contribution in [1.29, 1.82) is 0 Å². The molecule has 2 aromatic heterocycles. The van der Waals surface area contributed by atoms with Gasteiger partial charge < -0.3 is 14.6 Å². The summed E-state index contributed by atoms with van der Waals surface area (Å²) in [4.78, 5) is 18.6. The number of aliphatic hydroxyl groups is 1. The first-order chi connectivity index (χ1) is 9.13. The highest BCUT2D eigenvalue weighted by Crippen LogP contribution is 2.14. The predicted molar refractivity (Wildman–Crippen MR) is 69.7 cm³/mol. The van der Waals surface area contributed by atoms with Crippen LogP contribution in [0.4, 0.5) is 0 Å². The van der Waals surface area contributed by atoms with Gasteiger partial charge in [-0.2, -0.15) is 0 Å². The van der Waals surface area contributed by atoms with Crippen molar-refractivity contribution in [3.63, 3.8) is 0 Å². The number of hydrogen-bond acceptors (Lipinski definition) is 6. The number of hydrogen-bond donors (Lipinski definition) is 1. The summed E-state index contributed by atoms with van der Waals surface area (Å²) in [6.45, 7) is 2.25. The van der Waals surface area contributed by atoms with E-state index in [2.05, 4.69) is 14.6 Å². The van der Waals surface area contributed by atoms with Gasteiger partial charge in [0.15, 0.2) is 0 Å². The van der Waals surface area contributed by atoms with Gasteiger partial charge in [0.2, 0.25) is 0 Å². The quantitative estimate of drug-likeness (QED) is 0.847. The van der Waals surface area contributed by atoms with E-state index in [0.717, 1.165) is 17.4 Å². The Hall–Kier alpha value is -1.80. The van der Waals surface area contributed by atoms with Crippen molar-refractivity contribution in [2.24, 2.45) is 7.05 Å². The number of imidazole rings is 1. The lowest BCUT2D eigenvalue weighted by atomic mass is 10.3. The summed E-state index contributed by atoms with van der Waals surface area (Å²) >= 11 is 1.07. The van der Waals surface area contributed by atoms with Crippen LogP contribution in [0.2, 0.25) is 0 Å². The zero-order valence-corrected chi connectivity index (χ0v) is 11.6. The van der Waals surface area contributed by atoms with Crippen LogP contribution in [-0.2, 0) is 13.6 Å². The molecule has 2 rings (SSSR count). The largest absolute Gasteiger partial charge is 0.395 e. The normalized spacial score (nSPS) is 10.7. The Morgan fingerprint density at radius 2 is 2.37 bits per heavy atom. The van der Waals surface area contributed by atoms with Gasteiger partial charge in [0.1, 0.15) is 10.7 Å². The van der Waals surface area contributed by atoms with Crippen molar-refractivity contribution >= 4 is 17.4 Å². The van der Waals surface area contributed by atoms with Crippen LogP contribution in [0, 0.1) is 6.92 Å². The lowest BCUT2D eigenvalue weighted by Gasteiger charge is -2.20. The molecule has 7 nitrogen and oxygen atoms in total. The molecule has 0 aliphatic rings. The van der Waals surface area contributed by atoms with Gasteiger partial charge in [0, 0.05) is 26.0 Å². The lowest BCUT2D eigenvalue weighted by molar-refractivity contribution is 0.0705. The Morgan fingerprint density at radius 3 is 2.89 bits per heavy atom. The molecule has 0 unspecified atom stereocenters. The summed E-state index contributed by atoms with van der Waals surface area (Å²) < 4.78 is 5.60. The maximum absolute atomic E-state index is 12.4. The first kappa shape index (κ1) is 13.6. The van der Waals surface area contributed by atoms with Crippen LogP contribution in [0.3, 0.4) is 0 Å². The minimum atomic E-state index is -0.176. The third kappa shape index (κ3) is 2.96. The van der Waals surface area contributed by atoms with Gasteiger partial charge in [-0.3, -0.25) is 4.79 Å². The molecule has 1 amide bonds. The first-order valence-corrected chi connectivity index (χ1v) is 6.56. The van der Waals surface area contributed by atoms with Crippen LogP contribution in [0.25, 0.3) is 0 Å². The molecule has 8 heteroatoms. The highest BCUT2D eigenvalue weighted by atomic mass is 32.1. The first-order valence-electron chi connectivity index (χ1n) is 5.78. The van der Waals surface area contributed by atoms with Gasteiger partial charge >= 0.3 is 0 Å². The van der Waals surface area contributed by atoms with Crippen LogP contribution in [0.5, 0.6) is 0 Å². The van der Waals surface area contributed by atoms with Crippen molar-refractivity contribution in [3.8, 4) is 0 Å². The average molecular weight is 281 g/mol. The molecule has 2 heterocycles.